The number of aromatic nitrogens is 1. The number of aliphatic imine (C=N–C) groups is 1. The quantitative estimate of drug-likeness (QED) is 0.509. The molecule has 0 saturated carbocycles. The Kier molecular flexibility index (Phi) is 5.28. The number of nitrogens with two attached hydrogens (primary N) is 1. The highest BCUT2D eigenvalue weighted by Crippen LogP contribution is 2.23. The molecule has 1 aliphatic rings. The summed E-state index contributed by atoms with van der Waals surface area (Å²) in [4.78, 5) is 19.3. The molecule has 5 nitrogen and oxygen atoms in total. The van der Waals surface area contributed by atoms with E-state index in [1.54, 1.807) is 23.9 Å². The van der Waals surface area contributed by atoms with Gasteiger partial charge in [0.15, 0.2) is 11.7 Å². The lowest BCUT2D eigenvalue weighted by Crippen LogP contribution is -2.29. The van der Waals surface area contributed by atoms with Crippen LogP contribution in [0.25, 0.3) is 0 Å². The minimum atomic E-state index is -0.763. The maximum Gasteiger partial charge on any atom is 0.271 e. The first-order chi connectivity index (χ1) is 9.56. The van der Waals surface area contributed by atoms with E-state index in [0.29, 0.717) is 5.02 Å². The van der Waals surface area contributed by atoms with Crippen molar-refractivity contribution in [2.45, 2.75) is 6.10 Å². The molecule has 0 bridgehead atoms. The SMILES string of the molecule is N/C(=C\C(=N\c1ncccc1Cl)C(=O)Cl)OC1CSC1. The maximum absolute atomic E-state index is 11.4. The monoisotopic (exact) mass is 331 g/mol. The third kappa shape index (κ3) is 4.13. The lowest BCUT2D eigenvalue weighted by atomic mass is 10.3. The molecule has 1 fully saturated rings. The maximum atomic E-state index is 11.4. The van der Waals surface area contributed by atoms with E-state index in [1.165, 1.54) is 12.3 Å². The van der Waals surface area contributed by atoms with Crippen LogP contribution in [0, 0.1) is 0 Å². The van der Waals surface area contributed by atoms with E-state index >= 15 is 0 Å². The number of halogens is 2. The van der Waals surface area contributed by atoms with Crippen LogP contribution in [0.2, 0.25) is 5.02 Å². The van der Waals surface area contributed by atoms with E-state index in [-0.39, 0.29) is 23.5 Å². The van der Waals surface area contributed by atoms with Crippen molar-refractivity contribution in [1.29, 1.82) is 0 Å². The molecule has 2 heterocycles. The highest BCUT2D eigenvalue weighted by Gasteiger charge is 2.20. The van der Waals surface area contributed by atoms with Crippen molar-refractivity contribution in [3.05, 3.63) is 35.3 Å². The molecule has 0 atom stereocenters. The highest BCUT2D eigenvalue weighted by atomic mass is 35.5. The highest BCUT2D eigenvalue weighted by molar-refractivity contribution is 8.00. The second-order valence-corrected chi connectivity index (χ2v) is 5.73. The average Bonchev–Trinajstić information content (AvgIpc) is 2.35. The zero-order valence-corrected chi connectivity index (χ0v) is 12.6. The van der Waals surface area contributed by atoms with Crippen LogP contribution < -0.4 is 5.73 Å². The largest absolute Gasteiger partial charge is 0.474 e. The third-order valence-corrected chi connectivity index (χ3v) is 4.06. The fraction of sp³-hybridized carbons (Fsp3) is 0.250. The topological polar surface area (TPSA) is 77.6 Å². The molecule has 0 unspecified atom stereocenters. The first-order valence-electron chi connectivity index (χ1n) is 5.67. The molecule has 0 amide bonds. The first kappa shape index (κ1) is 15.2. The second-order valence-electron chi connectivity index (χ2n) is 3.90. The van der Waals surface area contributed by atoms with Crippen molar-refractivity contribution in [1.82, 2.24) is 4.98 Å². The number of hydrogen-bond donors (Lipinski definition) is 1. The number of carbonyl (C=O) groups excluding carboxylic acids is 1. The summed E-state index contributed by atoms with van der Waals surface area (Å²) in [5, 5.41) is -0.451. The van der Waals surface area contributed by atoms with Crippen molar-refractivity contribution in [3.8, 4) is 0 Å². The van der Waals surface area contributed by atoms with Gasteiger partial charge in [-0.3, -0.25) is 4.79 Å². The number of thioether (sulfide) groups is 1. The van der Waals surface area contributed by atoms with Crippen LogP contribution in [0.1, 0.15) is 0 Å². The summed E-state index contributed by atoms with van der Waals surface area (Å²) in [5.74, 6) is 2.04. The van der Waals surface area contributed by atoms with Crippen LogP contribution in [0.5, 0.6) is 0 Å². The smallest absolute Gasteiger partial charge is 0.271 e. The molecule has 1 saturated heterocycles. The molecule has 1 aromatic heterocycles. The van der Waals surface area contributed by atoms with Gasteiger partial charge in [0.25, 0.3) is 5.24 Å². The Morgan fingerprint density at radius 2 is 2.35 bits per heavy atom. The second kappa shape index (κ2) is 6.97. The summed E-state index contributed by atoms with van der Waals surface area (Å²) >= 11 is 13.1. The Morgan fingerprint density at radius 1 is 1.60 bits per heavy atom. The number of allylic oxidation sites excluding steroid dienone is 1. The van der Waals surface area contributed by atoms with Crippen LogP contribution in [-0.4, -0.2) is 33.5 Å². The molecule has 1 aliphatic heterocycles. The van der Waals surface area contributed by atoms with E-state index in [9.17, 15) is 4.79 Å². The van der Waals surface area contributed by atoms with Gasteiger partial charge in [-0.2, -0.15) is 11.8 Å². The molecule has 0 aromatic carbocycles. The summed E-state index contributed by atoms with van der Waals surface area (Å²) < 4.78 is 5.41. The predicted molar refractivity (Wildman–Crippen MR) is 81.7 cm³/mol. The van der Waals surface area contributed by atoms with E-state index in [2.05, 4.69) is 9.98 Å². The molecule has 20 heavy (non-hydrogen) atoms. The van der Waals surface area contributed by atoms with E-state index in [0.717, 1.165) is 11.5 Å². The van der Waals surface area contributed by atoms with Crippen LogP contribution in [0.3, 0.4) is 0 Å². The van der Waals surface area contributed by atoms with Crippen LogP contribution in [0.15, 0.2) is 35.3 Å². The molecule has 0 radical (unpaired) electrons. The van der Waals surface area contributed by atoms with E-state index in [1.807, 2.05) is 0 Å². The Labute approximate surface area is 130 Å². The lowest BCUT2D eigenvalue weighted by molar-refractivity contribution is -0.106. The minimum Gasteiger partial charge on any atom is -0.474 e. The van der Waals surface area contributed by atoms with Gasteiger partial charge in [-0.05, 0) is 23.7 Å². The number of hydrogen-bond acceptors (Lipinski definition) is 6. The fourth-order valence-electron chi connectivity index (χ4n) is 1.35. The number of rotatable bonds is 5. The molecule has 0 aliphatic carbocycles. The molecule has 2 N–H and O–H groups in total. The van der Waals surface area contributed by atoms with E-state index < -0.39 is 5.24 Å². The molecular weight excluding hydrogens is 321 g/mol. The Morgan fingerprint density at radius 3 is 2.90 bits per heavy atom. The summed E-state index contributed by atoms with van der Waals surface area (Å²) in [7, 11) is 0. The van der Waals surface area contributed by atoms with Crippen molar-refractivity contribution in [2.24, 2.45) is 10.7 Å². The van der Waals surface area contributed by atoms with E-state index in [4.69, 9.17) is 33.7 Å². The number of pyridine rings is 1. The van der Waals surface area contributed by atoms with Crippen LogP contribution in [-0.2, 0) is 9.53 Å². The fourth-order valence-corrected chi connectivity index (χ4v) is 2.17. The standard InChI is InChI=1S/C12H11Cl2N3O2S/c13-8-2-1-3-16-12(8)17-9(11(14)18)4-10(15)19-7-5-20-6-7/h1-4,7H,5-6,15H2/b10-4+,17-9-. The van der Waals surface area contributed by atoms with Gasteiger partial charge in [-0.15, -0.1) is 0 Å². The normalized spacial score (nSPS) is 16.7. The summed E-state index contributed by atoms with van der Waals surface area (Å²) in [6.07, 6.45) is 2.86. The van der Waals surface area contributed by atoms with Crippen molar-refractivity contribution in [3.63, 3.8) is 0 Å². The Bertz CT molecular complexity index is 574. The van der Waals surface area contributed by atoms with Gasteiger partial charge in [-0.1, -0.05) is 11.6 Å². The van der Waals surface area contributed by atoms with Crippen molar-refractivity contribution in [2.75, 3.05) is 11.5 Å². The Hall–Kier alpha value is -1.24. The molecule has 8 heteroatoms. The molecule has 0 spiro atoms. The zero-order chi connectivity index (χ0) is 14.5. The molecule has 2 rings (SSSR count). The van der Waals surface area contributed by atoms with Gasteiger partial charge in [0.1, 0.15) is 11.8 Å². The number of carbonyl (C=O) groups is 1. The number of ether oxygens (including phenoxy) is 1. The van der Waals surface area contributed by atoms with Crippen molar-refractivity contribution < 1.29 is 9.53 Å². The third-order valence-electron chi connectivity index (χ3n) is 2.36. The van der Waals surface area contributed by atoms with Gasteiger partial charge in [0, 0.05) is 23.8 Å². The van der Waals surface area contributed by atoms with Gasteiger partial charge in [0.2, 0.25) is 0 Å². The summed E-state index contributed by atoms with van der Waals surface area (Å²) in [5.41, 5.74) is 5.63. The van der Waals surface area contributed by atoms with Gasteiger partial charge < -0.3 is 10.5 Å². The summed E-state index contributed by atoms with van der Waals surface area (Å²) in [6.45, 7) is 0. The minimum absolute atomic E-state index is 0.0707. The first-order valence-corrected chi connectivity index (χ1v) is 7.58. The molecule has 106 valence electrons. The van der Waals surface area contributed by atoms with Gasteiger partial charge in [-0.25, -0.2) is 9.98 Å². The molecule has 1 aromatic rings. The predicted octanol–water partition coefficient (Wildman–Crippen LogP) is 2.51. The van der Waals surface area contributed by atoms with Gasteiger partial charge >= 0.3 is 0 Å². The number of nitrogens with zero attached hydrogens (tertiary/aromatic N) is 2. The zero-order valence-electron chi connectivity index (χ0n) is 10.3. The van der Waals surface area contributed by atoms with Crippen LogP contribution in [0.4, 0.5) is 5.82 Å². The average molecular weight is 332 g/mol. The lowest BCUT2D eigenvalue weighted by Gasteiger charge is -2.25. The van der Waals surface area contributed by atoms with Crippen molar-refractivity contribution >= 4 is 51.7 Å². The summed E-state index contributed by atoms with van der Waals surface area (Å²) in [6, 6.07) is 3.27. The Balaban J connectivity index is 2.20. The molecular formula is C12H11Cl2N3O2S. The van der Waals surface area contributed by atoms with Gasteiger partial charge in [0.05, 0.1) is 5.02 Å². The van der Waals surface area contributed by atoms with Crippen LogP contribution >= 0.6 is 35.0 Å².